The van der Waals surface area contributed by atoms with Gasteiger partial charge in [-0.05, 0) is 48.1 Å². The Hall–Kier alpha value is -0.750. The Balaban J connectivity index is 2.00. The number of hydrogen-bond acceptors (Lipinski definition) is 4. The van der Waals surface area contributed by atoms with Crippen LogP contribution < -0.4 is 5.73 Å². The predicted molar refractivity (Wildman–Crippen MR) is 89.1 cm³/mol. The van der Waals surface area contributed by atoms with Gasteiger partial charge in [0.1, 0.15) is 0 Å². The molecule has 2 rings (SSSR count). The van der Waals surface area contributed by atoms with Gasteiger partial charge in [0, 0.05) is 45.6 Å². The van der Waals surface area contributed by atoms with E-state index in [1.807, 2.05) is 29.7 Å². The van der Waals surface area contributed by atoms with Crippen LogP contribution in [0.3, 0.4) is 0 Å². The van der Waals surface area contributed by atoms with Crippen LogP contribution in [-0.2, 0) is 6.42 Å². The van der Waals surface area contributed by atoms with Gasteiger partial charge in [-0.2, -0.15) is 0 Å². The molecule has 2 heterocycles. The maximum absolute atomic E-state index is 5.97. The molecule has 0 aromatic carbocycles. The molecule has 0 radical (unpaired) electrons. The van der Waals surface area contributed by atoms with Crippen molar-refractivity contribution in [3.05, 3.63) is 50.4 Å². The molecule has 1 atom stereocenters. The largest absolute Gasteiger partial charge is 0.329 e. The molecule has 2 N–H and O–H groups in total. The van der Waals surface area contributed by atoms with Gasteiger partial charge in [-0.15, -0.1) is 11.3 Å². The highest BCUT2D eigenvalue weighted by Gasteiger charge is 2.18. The van der Waals surface area contributed by atoms with Crippen LogP contribution in [0.4, 0.5) is 0 Å². The summed E-state index contributed by atoms with van der Waals surface area (Å²) in [6.07, 6.45) is 2.79. The monoisotopic (exact) mass is 353 g/mol. The van der Waals surface area contributed by atoms with Gasteiger partial charge in [-0.1, -0.05) is 6.07 Å². The molecule has 0 aliphatic rings. The summed E-state index contributed by atoms with van der Waals surface area (Å²) in [6.45, 7) is 3.71. The first-order chi connectivity index (χ1) is 9.61. The average molecular weight is 354 g/mol. The van der Waals surface area contributed by atoms with Crippen molar-refractivity contribution in [2.24, 2.45) is 5.73 Å². The van der Waals surface area contributed by atoms with Crippen molar-refractivity contribution in [1.82, 2.24) is 9.88 Å². The molecule has 0 saturated carbocycles. The Labute approximate surface area is 133 Å². The van der Waals surface area contributed by atoms with Gasteiger partial charge in [-0.25, -0.2) is 0 Å². The van der Waals surface area contributed by atoms with Crippen molar-refractivity contribution in [2.45, 2.75) is 19.4 Å². The molecule has 108 valence electrons. The van der Waals surface area contributed by atoms with Crippen LogP contribution in [0, 0.1) is 6.92 Å². The molecular formula is C15H20BrN3S. The van der Waals surface area contributed by atoms with Crippen LogP contribution in [-0.4, -0.2) is 30.0 Å². The van der Waals surface area contributed by atoms with Crippen LogP contribution in [0.25, 0.3) is 0 Å². The Kier molecular flexibility index (Phi) is 5.72. The smallest absolute Gasteiger partial charge is 0.0562 e. The van der Waals surface area contributed by atoms with Crippen LogP contribution in [0.2, 0.25) is 0 Å². The molecular weight excluding hydrogens is 334 g/mol. The fourth-order valence-corrected chi connectivity index (χ4v) is 3.89. The molecule has 0 amide bonds. The Morgan fingerprint density at radius 1 is 1.45 bits per heavy atom. The summed E-state index contributed by atoms with van der Waals surface area (Å²) in [5.41, 5.74) is 7.09. The van der Waals surface area contributed by atoms with E-state index >= 15 is 0 Å². The minimum atomic E-state index is 0.272. The summed E-state index contributed by atoms with van der Waals surface area (Å²) in [5.74, 6) is 0. The number of nitrogens with zero attached hydrogens (tertiary/aromatic N) is 2. The minimum absolute atomic E-state index is 0.272. The Morgan fingerprint density at radius 2 is 2.25 bits per heavy atom. The zero-order chi connectivity index (χ0) is 14.5. The summed E-state index contributed by atoms with van der Waals surface area (Å²) >= 11 is 5.39. The first-order valence-corrected chi connectivity index (χ1v) is 8.28. The highest BCUT2D eigenvalue weighted by molar-refractivity contribution is 9.10. The molecule has 2 aromatic heterocycles. The third-order valence-electron chi connectivity index (χ3n) is 3.41. The van der Waals surface area contributed by atoms with E-state index in [9.17, 15) is 0 Å². The predicted octanol–water partition coefficient (Wildman–Crippen LogP) is 3.39. The second-order valence-corrected chi connectivity index (χ2v) is 7.00. The van der Waals surface area contributed by atoms with Crippen molar-refractivity contribution >= 4 is 27.3 Å². The number of halogens is 1. The lowest BCUT2D eigenvalue weighted by Gasteiger charge is -2.25. The molecule has 0 aliphatic heterocycles. The second kappa shape index (κ2) is 7.31. The molecule has 0 aliphatic carbocycles. The molecule has 1 unspecified atom stereocenters. The van der Waals surface area contributed by atoms with E-state index in [1.165, 1.54) is 14.2 Å². The molecule has 0 saturated heterocycles. The fourth-order valence-electron chi connectivity index (χ4n) is 2.15. The second-order valence-electron chi connectivity index (χ2n) is 4.86. The molecule has 2 aromatic rings. The number of aryl methyl sites for hydroxylation is 1. The number of rotatable bonds is 6. The molecule has 0 bridgehead atoms. The van der Waals surface area contributed by atoms with Gasteiger partial charge >= 0.3 is 0 Å². The highest BCUT2D eigenvalue weighted by Crippen LogP contribution is 2.32. The zero-order valence-corrected chi connectivity index (χ0v) is 14.2. The van der Waals surface area contributed by atoms with Crippen molar-refractivity contribution < 1.29 is 0 Å². The van der Waals surface area contributed by atoms with E-state index in [0.29, 0.717) is 6.54 Å². The van der Waals surface area contributed by atoms with Crippen molar-refractivity contribution in [1.29, 1.82) is 0 Å². The zero-order valence-electron chi connectivity index (χ0n) is 11.8. The summed E-state index contributed by atoms with van der Waals surface area (Å²) in [7, 11) is 2.13. The van der Waals surface area contributed by atoms with E-state index in [1.54, 1.807) is 0 Å². The van der Waals surface area contributed by atoms with Gasteiger partial charge in [0.05, 0.1) is 6.04 Å². The topological polar surface area (TPSA) is 42.1 Å². The lowest BCUT2D eigenvalue weighted by Crippen LogP contribution is -2.31. The van der Waals surface area contributed by atoms with Crippen molar-refractivity contribution in [3.63, 3.8) is 0 Å². The lowest BCUT2D eigenvalue weighted by atomic mass is 10.2. The number of hydrogen-bond donors (Lipinski definition) is 1. The van der Waals surface area contributed by atoms with E-state index in [-0.39, 0.29) is 6.04 Å². The third-order valence-corrected chi connectivity index (χ3v) is 5.64. The number of nitrogens with two attached hydrogens (primary N) is 1. The van der Waals surface area contributed by atoms with Crippen LogP contribution >= 0.6 is 27.3 Å². The standard InChI is InChI=1S/C15H20BrN3S/c1-11-13(16)9-15(20-11)14(10-17)19(2)8-6-12-5-3-4-7-18-12/h3-5,7,9,14H,6,8,10,17H2,1-2H3. The molecule has 20 heavy (non-hydrogen) atoms. The normalized spacial score (nSPS) is 12.8. The SMILES string of the molecule is Cc1sc(C(CN)N(C)CCc2ccccn2)cc1Br. The summed E-state index contributed by atoms with van der Waals surface area (Å²) in [4.78, 5) is 9.30. The van der Waals surface area contributed by atoms with E-state index in [0.717, 1.165) is 18.7 Å². The van der Waals surface area contributed by atoms with Gasteiger partial charge < -0.3 is 5.73 Å². The number of pyridine rings is 1. The average Bonchev–Trinajstić information content (AvgIpc) is 2.78. The van der Waals surface area contributed by atoms with Crippen molar-refractivity contribution in [3.8, 4) is 0 Å². The maximum Gasteiger partial charge on any atom is 0.0562 e. The Morgan fingerprint density at radius 3 is 2.80 bits per heavy atom. The van der Waals surface area contributed by atoms with Gasteiger partial charge in [0.25, 0.3) is 0 Å². The lowest BCUT2D eigenvalue weighted by molar-refractivity contribution is 0.256. The number of thiophene rings is 1. The van der Waals surface area contributed by atoms with Crippen LogP contribution in [0.1, 0.15) is 21.5 Å². The molecule has 3 nitrogen and oxygen atoms in total. The number of likely N-dealkylation sites (N-methyl/N-ethyl adjacent to an activating group) is 1. The van der Waals surface area contributed by atoms with Crippen LogP contribution in [0.15, 0.2) is 34.9 Å². The molecule has 0 fully saturated rings. The van der Waals surface area contributed by atoms with E-state index in [2.05, 4.69) is 51.9 Å². The Bertz CT molecular complexity index is 522. The first-order valence-electron chi connectivity index (χ1n) is 6.68. The first kappa shape index (κ1) is 15.6. The molecule has 0 spiro atoms. The quantitative estimate of drug-likeness (QED) is 0.865. The third kappa shape index (κ3) is 3.88. The van der Waals surface area contributed by atoms with Gasteiger partial charge in [-0.3, -0.25) is 9.88 Å². The van der Waals surface area contributed by atoms with Gasteiger partial charge in [0.2, 0.25) is 0 Å². The minimum Gasteiger partial charge on any atom is -0.329 e. The van der Waals surface area contributed by atoms with Crippen LogP contribution in [0.5, 0.6) is 0 Å². The molecule has 5 heteroatoms. The van der Waals surface area contributed by atoms with Gasteiger partial charge in [0.15, 0.2) is 0 Å². The summed E-state index contributed by atoms with van der Waals surface area (Å²) in [6, 6.07) is 8.50. The maximum atomic E-state index is 5.97. The van der Waals surface area contributed by atoms with E-state index in [4.69, 9.17) is 5.73 Å². The number of aromatic nitrogens is 1. The fraction of sp³-hybridized carbons (Fsp3) is 0.400. The van der Waals surface area contributed by atoms with Crippen molar-refractivity contribution in [2.75, 3.05) is 20.1 Å². The summed E-state index contributed by atoms with van der Waals surface area (Å²) < 4.78 is 1.18. The summed E-state index contributed by atoms with van der Waals surface area (Å²) in [5, 5.41) is 0. The van der Waals surface area contributed by atoms with E-state index < -0.39 is 0 Å². The highest BCUT2D eigenvalue weighted by atomic mass is 79.9.